The average molecular weight is 169 g/mol. The zero-order valence-electron chi connectivity index (χ0n) is 7.57. The van der Waals surface area contributed by atoms with Gasteiger partial charge in [0.25, 0.3) is 0 Å². The van der Waals surface area contributed by atoms with Crippen LogP contribution in [0.25, 0.3) is 11.1 Å². The molecule has 1 heterocycles. The van der Waals surface area contributed by atoms with Gasteiger partial charge < -0.3 is 0 Å². The summed E-state index contributed by atoms with van der Waals surface area (Å²) in [5.74, 6) is 0. The molecule has 0 saturated carbocycles. The number of aryl methyl sites for hydroxylation is 1. The van der Waals surface area contributed by atoms with E-state index in [9.17, 15) is 0 Å². The minimum atomic E-state index is 1.14. The lowest BCUT2D eigenvalue weighted by atomic mass is 10.1. The number of hydrogen-bond acceptors (Lipinski definition) is 0. The number of benzene rings is 1. The van der Waals surface area contributed by atoms with Crippen molar-refractivity contribution in [2.24, 2.45) is 7.05 Å². The molecular formula is C12H11N+. The first-order valence-electron chi connectivity index (χ1n) is 4.28. The zero-order valence-corrected chi connectivity index (χ0v) is 7.57. The van der Waals surface area contributed by atoms with Crippen molar-refractivity contribution >= 4 is 0 Å². The minimum absolute atomic E-state index is 1.14. The second-order valence-corrected chi connectivity index (χ2v) is 3.03. The van der Waals surface area contributed by atoms with Gasteiger partial charge in [-0.1, -0.05) is 30.3 Å². The summed E-state index contributed by atoms with van der Waals surface area (Å²) in [6.07, 6.45) is 3.96. The molecule has 13 heavy (non-hydrogen) atoms. The lowest BCUT2D eigenvalue weighted by Gasteiger charge is -1.97. The van der Waals surface area contributed by atoms with Crippen LogP contribution in [0.1, 0.15) is 0 Å². The van der Waals surface area contributed by atoms with Gasteiger partial charge in [-0.15, -0.1) is 0 Å². The summed E-state index contributed by atoms with van der Waals surface area (Å²) in [5.41, 5.74) is 2.35. The van der Waals surface area contributed by atoms with Crippen molar-refractivity contribution < 1.29 is 4.57 Å². The van der Waals surface area contributed by atoms with E-state index in [0.29, 0.717) is 0 Å². The van der Waals surface area contributed by atoms with Gasteiger partial charge in [-0.05, 0) is 5.56 Å². The predicted molar refractivity (Wildman–Crippen MR) is 51.9 cm³/mol. The Balaban J connectivity index is 2.42. The largest absolute Gasteiger partial charge is 0.207 e. The Morgan fingerprint density at radius 3 is 2.46 bits per heavy atom. The van der Waals surface area contributed by atoms with Crippen LogP contribution >= 0.6 is 0 Å². The summed E-state index contributed by atoms with van der Waals surface area (Å²) in [7, 11) is 1.99. The molecule has 0 N–H and O–H groups in total. The Hall–Kier alpha value is -1.63. The summed E-state index contributed by atoms with van der Waals surface area (Å²) in [6.45, 7) is 0. The van der Waals surface area contributed by atoms with Crippen molar-refractivity contribution in [2.75, 3.05) is 0 Å². The van der Waals surface area contributed by atoms with Gasteiger partial charge in [0.15, 0.2) is 12.4 Å². The molecule has 2 aromatic rings. The van der Waals surface area contributed by atoms with E-state index in [4.69, 9.17) is 0 Å². The van der Waals surface area contributed by atoms with Crippen molar-refractivity contribution in [3.05, 3.63) is 54.9 Å². The highest BCUT2D eigenvalue weighted by atomic mass is 14.9. The van der Waals surface area contributed by atoms with E-state index >= 15 is 0 Å². The Labute approximate surface area is 78.3 Å². The normalized spacial score (nSPS) is 9.92. The third-order valence-electron chi connectivity index (χ3n) is 1.98. The quantitative estimate of drug-likeness (QED) is 0.575. The molecule has 0 aliphatic carbocycles. The lowest BCUT2D eigenvalue weighted by Crippen LogP contribution is -2.25. The maximum absolute atomic E-state index is 3.22. The summed E-state index contributed by atoms with van der Waals surface area (Å²) < 4.78 is 1.98. The van der Waals surface area contributed by atoms with Crippen LogP contribution in [-0.2, 0) is 7.05 Å². The molecule has 0 bridgehead atoms. The molecule has 0 spiro atoms. The zero-order chi connectivity index (χ0) is 9.10. The first-order valence-corrected chi connectivity index (χ1v) is 4.28. The van der Waals surface area contributed by atoms with Crippen molar-refractivity contribution in [3.8, 4) is 11.1 Å². The number of aromatic nitrogens is 1. The van der Waals surface area contributed by atoms with Crippen LogP contribution in [0.5, 0.6) is 0 Å². The summed E-state index contributed by atoms with van der Waals surface area (Å²) in [5, 5.41) is 0. The van der Waals surface area contributed by atoms with Gasteiger partial charge in [0.2, 0.25) is 0 Å². The molecule has 0 aliphatic heterocycles. The molecule has 1 aromatic heterocycles. The molecule has 0 fully saturated rings. The van der Waals surface area contributed by atoms with Gasteiger partial charge in [-0.3, -0.25) is 0 Å². The van der Waals surface area contributed by atoms with Gasteiger partial charge in [-0.2, -0.15) is 0 Å². The topological polar surface area (TPSA) is 3.88 Å². The Morgan fingerprint density at radius 1 is 1.08 bits per heavy atom. The lowest BCUT2D eigenvalue weighted by molar-refractivity contribution is -0.671. The highest BCUT2D eigenvalue weighted by Gasteiger charge is 1.97. The molecule has 2 rings (SSSR count). The fourth-order valence-electron chi connectivity index (χ4n) is 1.25. The summed E-state index contributed by atoms with van der Waals surface area (Å²) in [6, 6.07) is 15.6. The van der Waals surface area contributed by atoms with E-state index in [2.05, 4.69) is 24.3 Å². The molecular weight excluding hydrogens is 158 g/mol. The van der Waals surface area contributed by atoms with Crippen molar-refractivity contribution in [1.29, 1.82) is 0 Å². The smallest absolute Gasteiger partial charge is 0.177 e. The molecule has 0 saturated heterocycles. The van der Waals surface area contributed by atoms with Crippen LogP contribution in [0.4, 0.5) is 0 Å². The third-order valence-corrected chi connectivity index (χ3v) is 1.98. The van der Waals surface area contributed by atoms with Gasteiger partial charge in [-0.25, -0.2) is 4.57 Å². The van der Waals surface area contributed by atoms with Gasteiger partial charge >= 0.3 is 0 Å². The van der Waals surface area contributed by atoms with Crippen molar-refractivity contribution in [2.45, 2.75) is 0 Å². The highest BCUT2D eigenvalue weighted by molar-refractivity contribution is 5.61. The average Bonchev–Trinajstić information content (AvgIpc) is 2.20. The molecule has 0 atom stereocenters. The van der Waals surface area contributed by atoms with E-state index in [1.165, 1.54) is 5.56 Å². The van der Waals surface area contributed by atoms with E-state index in [1.54, 1.807) is 0 Å². The van der Waals surface area contributed by atoms with Crippen LogP contribution < -0.4 is 4.57 Å². The number of nitrogens with zero attached hydrogens (tertiary/aromatic N) is 1. The highest BCUT2D eigenvalue weighted by Crippen LogP contribution is 2.15. The number of pyridine rings is 1. The SMILES string of the molecule is C[n+]1c[c]c(-c2ccccc2)cc1. The Kier molecular flexibility index (Phi) is 2.09. The summed E-state index contributed by atoms with van der Waals surface area (Å²) >= 11 is 0. The standard InChI is InChI=1S/C12H11N/c1-13-9-7-12(8-10-13)11-5-3-2-4-6-11/h2-7,9-10H,1H3/q+1. The molecule has 0 unspecified atom stereocenters. The monoisotopic (exact) mass is 169 g/mol. The first-order chi connectivity index (χ1) is 6.36. The fourth-order valence-corrected chi connectivity index (χ4v) is 1.25. The van der Waals surface area contributed by atoms with Crippen molar-refractivity contribution in [1.82, 2.24) is 0 Å². The molecule has 1 radical (unpaired) electrons. The summed E-state index contributed by atoms with van der Waals surface area (Å²) in [4.78, 5) is 0. The molecule has 0 amide bonds. The van der Waals surface area contributed by atoms with E-state index in [0.717, 1.165) is 5.56 Å². The van der Waals surface area contributed by atoms with Crippen LogP contribution in [0.15, 0.2) is 48.8 Å². The van der Waals surface area contributed by atoms with E-state index < -0.39 is 0 Å². The Morgan fingerprint density at radius 2 is 1.85 bits per heavy atom. The van der Waals surface area contributed by atoms with E-state index in [1.807, 2.05) is 42.2 Å². The second kappa shape index (κ2) is 3.40. The van der Waals surface area contributed by atoms with Crippen LogP contribution in [0.3, 0.4) is 0 Å². The minimum Gasteiger partial charge on any atom is -0.207 e. The molecule has 1 aromatic carbocycles. The fraction of sp³-hybridized carbons (Fsp3) is 0.0833. The van der Waals surface area contributed by atoms with Crippen molar-refractivity contribution in [3.63, 3.8) is 0 Å². The maximum atomic E-state index is 3.22. The van der Waals surface area contributed by atoms with Gasteiger partial charge in [0.05, 0.1) is 6.07 Å². The van der Waals surface area contributed by atoms with Crippen LogP contribution in [0, 0.1) is 6.07 Å². The van der Waals surface area contributed by atoms with Crippen LogP contribution in [-0.4, -0.2) is 0 Å². The maximum Gasteiger partial charge on any atom is 0.177 e. The second-order valence-electron chi connectivity index (χ2n) is 3.03. The molecule has 0 aliphatic rings. The molecule has 63 valence electrons. The molecule has 1 heteroatoms. The number of hydrogen-bond donors (Lipinski definition) is 0. The van der Waals surface area contributed by atoms with E-state index in [-0.39, 0.29) is 0 Å². The third kappa shape index (κ3) is 1.75. The first kappa shape index (κ1) is 7.99. The van der Waals surface area contributed by atoms with Gasteiger partial charge in [0.1, 0.15) is 7.05 Å². The molecule has 1 nitrogen and oxygen atoms in total. The predicted octanol–water partition coefficient (Wildman–Crippen LogP) is 1.98. The Bertz CT molecular complexity index is 376. The van der Waals surface area contributed by atoms with Gasteiger partial charge in [0, 0.05) is 11.6 Å². The number of rotatable bonds is 1. The van der Waals surface area contributed by atoms with Crippen LogP contribution in [0.2, 0.25) is 0 Å².